The van der Waals surface area contributed by atoms with Gasteiger partial charge in [0.1, 0.15) is 0 Å². The van der Waals surface area contributed by atoms with E-state index in [0.717, 1.165) is 36.5 Å². The predicted octanol–water partition coefficient (Wildman–Crippen LogP) is 4.77. The molecule has 3 nitrogen and oxygen atoms in total. The SMILES string of the molecule is Cc1ccccc1NC(=O)N1CCS[C@@H](c2cccs2)CC1. The molecule has 5 heteroatoms. The number of nitrogens with one attached hydrogen (secondary N) is 1. The largest absolute Gasteiger partial charge is 0.324 e. The van der Waals surface area contributed by atoms with Crippen LogP contribution in [0, 0.1) is 6.92 Å². The van der Waals surface area contributed by atoms with Gasteiger partial charge in [-0.1, -0.05) is 24.3 Å². The molecule has 0 saturated carbocycles. The maximum atomic E-state index is 12.5. The zero-order valence-electron chi connectivity index (χ0n) is 12.6. The molecule has 0 radical (unpaired) electrons. The summed E-state index contributed by atoms with van der Waals surface area (Å²) in [5, 5.41) is 5.69. The average molecular weight is 332 g/mol. The molecule has 1 aliphatic rings. The standard InChI is InChI=1S/C17H20N2OS2/c1-13-5-2-3-6-14(13)18-17(20)19-9-8-16(22-12-10-19)15-7-4-11-21-15/h2-7,11,16H,8-10,12H2,1H3,(H,18,20)/t16-/m1/s1. The number of benzene rings is 1. The number of aryl methyl sites for hydroxylation is 1. The van der Waals surface area contributed by atoms with Crippen molar-refractivity contribution in [3.8, 4) is 0 Å². The van der Waals surface area contributed by atoms with Crippen molar-refractivity contribution in [2.45, 2.75) is 18.6 Å². The highest BCUT2D eigenvalue weighted by molar-refractivity contribution is 7.99. The van der Waals surface area contributed by atoms with E-state index >= 15 is 0 Å². The zero-order chi connectivity index (χ0) is 15.4. The van der Waals surface area contributed by atoms with Gasteiger partial charge in [0.05, 0.1) is 0 Å². The predicted molar refractivity (Wildman–Crippen MR) is 95.9 cm³/mol. The first kappa shape index (κ1) is 15.4. The van der Waals surface area contributed by atoms with Gasteiger partial charge in [-0.2, -0.15) is 11.8 Å². The number of para-hydroxylation sites is 1. The number of anilines is 1. The van der Waals surface area contributed by atoms with E-state index in [2.05, 4.69) is 22.8 Å². The highest BCUT2D eigenvalue weighted by atomic mass is 32.2. The summed E-state index contributed by atoms with van der Waals surface area (Å²) < 4.78 is 0. The lowest BCUT2D eigenvalue weighted by atomic mass is 10.2. The highest BCUT2D eigenvalue weighted by Gasteiger charge is 2.22. The molecule has 1 aromatic heterocycles. The number of rotatable bonds is 2. The molecule has 1 fully saturated rings. The van der Waals surface area contributed by atoms with Crippen molar-refractivity contribution in [2.75, 3.05) is 24.2 Å². The lowest BCUT2D eigenvalue weighted by molar-refractivity contribution is 0.215. The normalized spacial score (nSPS) is 18.8. The third kappa shape index (κ3) is 3.65. The molecule has 2 aromatic rings. The Morgan fingerprint density at radius 3 is 2.86 bits per heavy atom. The monoisotopic (exact) mass is 332 g/mol. The molecule has 2 amide bonds. The van der Waals surface area contributed by atoms with Crippen LogP contribution >= 0.6 is 23.1 Å². The van der Waals surface area contributed by atoms with Crippen molar-refractivity contribution >= 4 is 34.8 Å². The third-order valence-corrected chi connectivity index (χ3v) is 6.32. The Bertz CT molecular complexity index is 627. The number of urea groups is 1. The first-order valence-electron chi connectivity index (χ1n) is 7.50. The molecule has 22 heavy (non-hydrogen) atoms. The van der Waals surface area contributed by atoms with Gasteiger partial charge in [0.25, 0.3) is 0 Å². The van der Waals surface area contributed by atoms with Crippen LogP contribution in [0.15, 0.2) is 41.8 Å². The Morgan fingerprint density at radius 2 is 2.09 bits per heavy atom. The Hall–Kier alpha value is -1.46. The molecule has 1 saturated heterocycles. The van der Waals surface area contributed by atoms with Crippen LogP contribution in [0.2, 0.25) is 0 Å². The Labute approximate surface area is 139 Å². The van der Waals surface area contributed by atoms with E-state index in [-0.39, 0.29) is 6.03 Å². The number of amides is 2. The van der Waals surface area contributed by atoms with Crippen LogP contribution in [0.1, 0.15) is 22.1 Å². The third-order valence-electron chi connectivity index (χ3n) is 3.88. The van der Waals surface area contributed by atoms with Crippen LogP contribution in [0.3, 0.4) is 0 Å². The molecule has 1 aromatic carbocycles. The van der Waals surface area contributed by atoms with Gasteiger partial charge < -0.3 is 10.2 Å². The molecule has 2 heterocycles. The maximum absolute atomic E-state index is 12.5. The first-order valence-corrected chi connectivity index (χ1v) is 9.43. The second kappa shape index (κ2) is 7.20. The molecule has 1 N–H and O–H groups in total. The van der Waals surface area contributed by atoms with Crippen molar-refractivity contribution in [3.63, 3.8) is 0 Å². The molecule has 0 aliphatic carbocycles. The summed E-state index contributed by atoms with van der Waals surface area (Å²) in [5.74, 6) is 0.990. The van der Waals surface area contributed by atoms with Crippen molar-refractivity contribution in [3.05, 3.63) is 52.2 Å². The molecule has 0 unspecified atom stereocenters. The van der Waals surface area contributed by atoms with Crippen molar-refractivity contribution in [2.24, 2.45) is 0 Å². The lowest BCUT2D eigenvalue weighted by Crippen LogP contribution is -2.36. The van der Waals surface area contributed by atoms with E-state index in [4.69, 9.17) is 0 Å². The van der Waals surface area contributed by atoms with Gasteiger partial charge in [-0.3, -0.25) is 0 Å². The molecular formula is C17H20N2OS2. The van der Waals surface area contributed by atoms with Crippen LogP contribution < -0.4 is 5.32 Å². The summed E-state index contributed by atoms with van der Waals surface area (Å²) in [6.45, 7) is 3.64. The number of hydrogen-bond acceptors (Lipinski definition) is 3. The second-order valence-electron chi connectivity index (χ2n) is 5.40. The number of carbonyl (C=O) groups excluding carboxylic acids is 1. The van der Waals surface area contributed by atoms with Gasteiger partial charge in [0.15, 0.2) is 0 Å². The van der Waals surface area contributed by atoms with Gasteiger partial charge >= 0.3 is 6.03 Å². The maximum Gasteiger partial charge on any atom is 0.321 e. The molecule has 116 valence electrons. The fourth-order valence-corrected chi connectivity index (χ4v) is 4.82. The summed E-state index contributed by atoms with van der Waals surface area (Å²) in [7, 11) is 0. The first-order chi connectivity index (χ1) is 10.7. The Balaban J connectivity index is 1.61. The van der Waals surface area contributed by atoms with E-state index in [9.17, 15) is 4.79 Å². The fraction of sp³-hybridized carbons (Fsp3) is 0.353. The summed E-state index contributed by atoms with van der Waals surface area (Å²) in [5.41, 5.74) is 2.00. The van der Waals surface area contributed by atoms with Crippen LogP contribution in [0.5, 0.6) is 0 Å². The van der Waals surface area contributed by atoms with Crippen LogP contribution in [-0.4, -0.2) is 29.8 Å². The van der Waals surface area contributed by atoms with Gasteiger partial charge in [0, 0.05) is 34.7 Å². The van der Waals surface area contributed by atoms with Crippen molar-refractivity contribution < 1.29 is 4.79 Å². The number of carbonyl (C=O) groups is 1. The van der Waals surface area contributed by atoms with E-state index in [0.29, 0.717) is 5.25 Å². The molecule has 0 spiro atoms. The van der Waals surface area contributed by atoms with Gasteiger partial charge in [-0.05, 0) is 36.4 Å². The van der Waals surface area contributed by atoms with E-state index < -0.39 is 0 Å². The zero-order valence-corrected chi connectivity index (χ0v) is 14.3. The van der Waals surface area contributed by atoms with Crippen LogP contribution in [0.4, 0.5) is 10.5 Å². The van der Waals surface area contributed by atoms with Gasteiger partial charge in [-0.15, -0.1) is 11.3 Å². The summed E-state index contributed by atoms with van der Waals surface area (Å²) in [6.07, 6.45) is 1.02. The molecule has 1 aliphatic heterocycles. The smallest absolute Gasteiger partial charge is 0.321 e. The molecular weight excluding hydrogens is 312 g/mol. The number of thioether (sulfide) groups is 1. The minimum atomic E-state index is 0.0155. The van der Waals surface area contributed by atoms with Crippen molar-refractivity contribution in [1.29, 1.82) is 0 Å². The summed E-state index contributed by atoms with van der Waals surface area (Å²) >= 11 is 3.77. The second-order valence-corrected chi connectivity index (χ2v) is 7.69. The quantitative estimate of drug-likeness (QED) is 0.859. The fourth-order valence-electron chi connectivity index (χ4n) is 2.58. The molecule has 1 atom stereocenters. The van der Waals surface area contributed by atoms with Gasteiger partial charge in [0.2, 0.25) is 0 Å². The minimum Gasteiger partial charge on any atom is -0.324 e. The van der Waals surface area contributed by atoms with Crippen molar-refractivity contribution in [1.82, 2.24) is 4.90 Å². The highest BCUT2D eigenvalue weighted by Crippen LogP contribution is 2.36. The number of hydrogen-bond donors (Lipinski definition) is 1. The number of thiophene rings is 1. The van der Waals surface area contributed by atoms with Gasteiger partial charge in [-0.25, -0.2) is 4.79 Å². The number of nitrogens with zero attached hydrogens (tertiary/aromatic N) is 1. The van der Waals surface area contributed by atoms with E-state index in [1.165, 1.54) is 4.88 Å². The average Bonchev–Trinajstić information content (AvgIpc) is 2.94. The topological polar surface area (TPSA) is 32.3 Å². The van der Waals surface area contributed by atoms with E-state index in [1.54, 1.807) is 0 Å². The van der Waals surface area contributed by atoms with Crippen LogP contribution in [-0.2, 0) is 0 Å². The van der Waals surface area contributed by atoms with Crippen LogP contribution in [0.25, 0.3) is 0 Å². The summed E-state index contributed by atoms with van der Waals surface area (Å²) in [6, 6.07) is 12.2. The Morgan fingerprint density at radius 1 is 1.23 bits per heavy atom. The minimum absolute atomic E-state index is 0.0155. The molecule has 0 bridgehead atoms. The molecule has 3 rings (SSSR count). The van der Waals surface area contributed by atoms with E-state index in [1.807, 2.05) is 59.2 Å². The Kier molecular flexibility index (Phi) is 5.05. The lowest BCUT2D eigenvalue weighted by Gasteiger charge is -2.21. The summed E-state index contributed by atoms with van der Waals surface area (Å²) in [4.78, 5) is 15.8.